The molecule has 2 rings (SSSR count). The van der Waals surface area contributed by atoms with Crippen LogP contribution in [0.25, 0.3) is 0 Å². The molecular weight excluding hydrogens is 296 g/mol. The first kappa shape index (κ1) is 17.9. The van der Waals surface area contributed by atoms with E-state index in [2.05, 4.69) is 10.00 Å². The maximum absolute atomic E-state index is 12.6. The average molecular weight is 324 g/mol. The van der Waals surface area contributed by atoms with E-state index >= 15 is 0 Å². The number of carbonyl (C=O) groups is 1. The van der Waals surface area contributed by atoms with Gasteiger partial charge in [0.1, 0.15) is 5.69 Å². The van der Waals surface area contributed by atoms with Gasteiger partial charge in [0.15, 0.2) is 0 Å². The molecule has 1 aliphatic heterocycles. The van der Waals surface area contributed by atoms with Gasteiger partial charge in [-0.15, -0.1) is 0 Å². The second-order valence-corrected chi connectivity index (χ2v) is 5.89. The lowest BCUT2D eigenvalue weighted by molar-refractivity contribution is 0.0110. The van der Waals surface area contributed by atoms with Crippen LogP contribution in [0.5, 0.6) is 0 Å². The van der Waals surface area contributed by atoms with Crippen molar-refractivity contribution in [1.29, 1.82) is 0 Å². The number of amides is 1. The predicted octanol–water partition coefficient (Wildman–Crippen LogP) is 0.367. The monoisotopic (exact) mass is 324 g/mol. The number of aromatic nitrogens is 2. The highest BCUT2D eigenvalue weighted by atomic mass is 16.5. The van der Waals surface area contributed by atoms with Crippen molar-refractivity contribution >= 4 is 5.91 Å². The molecule has 7 heteroatoms. The molecule has 1 fully saturated rings. The van der Waals surface area contributed by atoms with E-state index in [0.717, 1.165) is 18.8 Å². The van der Waals surface area contributed by atoms with Crippen molar-refractivity contribution < 1.29 is 14.6 Å². The minimum absolute atomic E-state index is 0.0435. The van der Waals surface area contributed by atoms with Crippen LogP contribution in [0.2, 0.25) is 0 Å². The lowest BCUT2D eigenvalue weighted by Crippen LogP contribution is -2.51. The predicted molar refractivity (Wildman–Crippen MR) is 87.5 cm³/mol. The SMILES string of the molecule is CCOCC(O)CN1CCN(C(=O)c2cc(C)nn2CC)CC1. The molecule has 1 N–H and O–H groups in total. The molecule has 0 bridgehead atoms. The van der Waals surface area contributed by atoms with Crippen molar-refractivity contribution in [2.45, 2.75) is 33.4 Å². The summed E-state index contributed by atoms with van der Waals surface area (Å²) in [5.74, 6) is 0.0435. The number of nitrogens with zero attached hydrogens (tertiary/aromatic N) is 4. The van der Waals surface area contributed by atoms with Gasteiger partial charge in [0, 0.05) is 45.9 Å². The molecule has 0 saturated carbocycles. The molecule has 1 atom stereocenters. The first-order valence-electron chi connectivity index (χ1n) is 8.37. The van der Waals surface area contributed by atoms with Gasteiger partial charge in [0.2, 0.25) is 0 Å². The van der Waals surface area contributed by atoms with Crippen LogP contribution in [-0.4, -0.2) is 82.6 Å². The standard InChI is InChI=1S/C16H28N4O3/c1-4-20-15(10-13(3)17-20)16(22)19-8-6-18(7-9-19)11-14(21)12-23-5-2/h10,14,21H,4-9,11-12H2,1-3H3. The summed E-state index contributed by atoms with van der Waals surface area (Å²) in [5, 5.41) is 14.2. The zero-order chi connectivity index (χ0) is 16.8. The zero-order valence-corrected chi connectivity index (χ0v) is 14.4. The van der Waals surface area contributed by atoms with Crippen LogP contribution in [0.1, 0.15) is 30.0 Å². The van der Waals surface area contributed by atoms with Gasteiger partial charge in [-0.05, 0) is 26.8 Å². The summed E-state index contributed by atoms with van der Waals surface area (Å²) in [6, 6.07) is 1.85. The van der Waals surface area contributed by atoms with Crippen molar-refractivity contribution in [3.8, 4) is 0 Å². The Hall–Kier alpha value is -1.44. The molecular formula is C16H28N4O3. The second-order valence-electron chi connectivity index (χ2n) is 5.89. The first-order valence-corrected chi connectivity index (χ1v) is 8.37. The number of aryl methyl sites for hydroxylation is 2. The number of piperazine rings is 1. The highest BCUT2D eigenvalue weighted by Crippen LogP contribution is 2.11. The Kier molecular flexibility index (Phi) is 6.56. The van der Waals surface area contributed by atoms with Gasteiger partial charge in [0.25, 0.3) is 5.91 Å². The summed E-state index contributed by atoms with van der Waals surface area (Å²) in [6.07, 6.45) is -0.471. The minimum atomic E-state index is -0.471. The van der Waals surface area contributed by atoms with Crippen molar-refractivity contribution in [1.82, 2.24) is 19.6 Å². The number of hydrogen-bond donors (Lipinski definition) is 1. The van der Waals surface area contributed by atoms with Crippen LogP contribution in [0.3, 0.4) is 0 Å². The van der Waals surface area contributed by atoms with Crippen LogP contribution in [0.4, 0.5) is 0 Å². The fourth-order valence-electron chi connectivity index (χ4n) is 2.86. The number of aliphatic hydroxyl groups excluding tert-OH is 1. The fourth-order valence-corrected chi connectivity index (χ4v) is 2.86. The van der Waals surface area contributed by atoms with E-state index in [0.29, 0.717) is 45.1 Å². The Labute approximate surface area is 137 Å². The Morgan fingerprint density at radius 3 is 2.65 bits per heavy atom. The Morgan fingerprint density at radius 1 is 1.35 bits per heavy atom. The molecule has 23 heavy (non-hydrogen) atoms. The lowest BCUT2D eigenvalue weighted by atomic mass is 10.2. The van der Waals surface area contributed by atoms with Gasteiger partial charge in [-0.2, -0.15) is 5.10 Å². The molecule has 0 radical (unpaired) electrons. The van der Waals surface area contributed by atoms with Crippen molar-refractivity contribution in [3.05, 3.63) is 17.5 Å². The van der Waals surface area contributed by atoms with E-state index in [1.807, 2.05) is 31.7 Å². The van der Waals surface area contributed by atoms with Crippen molar-refractivity contribution in [2.24, 2.45) is 0 Å². The van der Waals surface area contributed by atoms with E-state index < -0.39 is 6.10 Å². The third-order valence-corrected chi connectivity index (χ3v) is 4.06. The van der Waals surface area contributed by atoms with Crippen LogP contribution >= 0.6 is 0 Å². The number of rotatable bonds is 7. The molecule has 1 aromatic heterocycles. The van der Waals surface area contributed by atoms with Crippen LogP contribution < -0.4 is 0 Å². The maximum Gasteiger partial charge on any atom is 0.272 e. The molecule has 1 saturated heterocycles. The third kappa shape index (κ3) is 4.76. The van der Waals surface area contributed by atoms with Gasteiger partial charge < -0.3 is 14.7 Å². The van der Waals surface area contributed by atoms with Gasteiger partial charge in [-0.25, -0.2) is 0 Å². The summed E-state index contributed by atoms with van der Waals surface area (Å²) in [5.41, 5.74) is 1.53. The molecule has 0 spiro atoms. The highest BCUT2D eigenvalue weighted by molar-refractivity contribution is 5.92. The number of ether oxygens (including phenoxy) is 1. The average Bonchev–Trinajstić information content (AvgIpc) is 2.94. The highest BCUT2D eigenvalue weighted by Gasteiger charge is 2.25. The van der Waals surface area contributed by atoms with E-state index in [9.17, 15) is 9.90 Å². The quantitative estimate of drug-likeness (QED) is 0.784. The zero-order valence-electron chi connectivity index (χ0n) is 14.4. The molecule has 1 aromatic rings. The summed E-state index contributed by atoms with van der Waals surface area (Å²) in [4.78, 5) is 16.7. The van der Waals surface area contributed by atoms with Crippen LogP contribution in [0.15, 0.2) is 6.07 Å². The molecule has 1 aliphatic rings. The van der Waals surface area contributed by atoms with E-state index in [1.165, 1.54) is 0 Å². The number of hydrogen-bond acceptors (Lipinski definition) is 5. The lowest BCUT2D eigenvalue weighted by Gasteiger charge is -2.35. The first-order chi connectivity index (χ1) is 11.0. The molecule has 0 aromatic carbocycles. The van der Waals surface area contributed by atoms with Gasteiger partial charge in [0.05, 0.1) is 18.4 Å². The summed E-state index contributed by atoms with van der Waals surface area (Å²) < 4.78 is 6.99. The molecule has 0 aliphatic carbocycles. The Bertz CT molecular complexity index is 509. The largest absolute Gasteiger partial charge is 0.389 e. The van der Waals surface area contributed by atoms with Crippen LogP contribution in [-0.2, 0) is 11.3 Å². The molecule has 2 heterocycles. The third-order valence-electron chi connectivity index (χ3n) is 4.06. The van der Waals surface area contributed by atoms with Crippen molar-refractivity contribution in [2.75, 3.05) is 45.9 Å². The number of β-amino-alcohol motifs (C(OH)–C–C–N with tert-alkyl or cyclic N) is 1. The van der Waals surface area contributed by atoms with E-state index in [4.69, 9.17) is 4.74 Å². The molecule has 1 amide bonds. The number of carbonyl (C=O) groups excluding carboxylic acids is 1. The second kappa shape index (κ2) is 8.42. The van der Waals surface area contributed by atoms with Crippen LogP contribution in [0, 0.1) is 6.92 Å². The minimum Gasteiger partial charge on any atom is -0.389 e. The fraction of sp³-hybridized carbons (Fsp3) is 0.750. The van der Waals surface area contributed by atoms with E-state index in [1.54, 1.807) is 4.68 Å². The number of aliphatic hydroxyl groups is 1. The summed E-state index contributed by atoms with van der Waals surface area (Å²) >= 11 is 0. The van der Waals surface area contributed by atoms with Crippen molar-refractivity contribution in [3.63, 3.8) is 0 Å². The van der Waals surface area contributed by atoms with Gasteiger partial charge in [-0.3, -0.25) is 14.4 Å². The summed E-state index contributed by atoms with van der Waals surface area (Å²) in [7, 11) is 0. The Balaban J connectivity index is 1.85. The van der Waals surface area contributed by atoms with E-state index in [-0.39, 0.29) is 5.91 Å². The van der Waals surface area contributed by atoms with Gasteiger partial charge >= 0.3 is 0 Å². The van der Waals surface area contributed by atoms with Gasteiger partial charge in [-0.1, -0.05) is 0 Å². The topological polar surface area (TPSA) is 70.8 Å². The normalized spacial score (nSPS) is 17.5. The molecule has 7 nitrogen and oxygen atoms in total. The maximum atomic E-state index is 12.6. The summed E-state index contributed by atoms with van der Waals surface area (Å²) in [6.45, 7) is 11.0. The molecule has 1 unspecified atom stereocenters. The molecule has 130 valence electrons. The Morgan fingerprint density at radius 2 is 2.04 bits per heavy atom. The smallest absolute Gasteiger partial charge is 0.272 e.